The standard InChI is InChI=1S/C48H78O12/c1-7-9-11-13-15-17-42(50)55-30-37(31-56-43(51)18-16-14-12-10-8-2)59-45(53)28-33(3)27-44(52)57-32-58-46(54)60-36-23-25-47(5)35(29-36)19-20-38-40-22-21-39(34(4)49)48(40,6)26-24-41(38)47/h33,35-41H,7-32H2,1-6H3/t33?,35-,36+,38?,39?,40-,41-,47?,48?/m0/s1. The number of carbonyl (C=O) groups is 6. The van der Waals surface area contributed by atoms with Gasteiger partial charge in [0.25, 0.3) is 0 Å². The minimum absolute atomic E-state index is 0.126. The van der Waals surface area contributed by atoms with Crippen LogP contribution in [0, 0.1) is 46.3 Å². The molecule has 4 fully saturated rings. The van der Waals surface area contributed by atoms with Crippen molar-refractivity contribution >= 4 is 35.8 Å². The van der Waals surface area contributed by atoms with Crippen LogP contribution < -0.4 is 0 Å². The first kappa shape index (κ1) is 49.5. The molecule has 0 aromatic carbocycles. The summed E-state index contributed by atoms with van der Waals surface area (Å²) in [4.78, 5) is 75.3. The first-order chi connectivity index (χ1) is 28.7. The van der Waals surface area contributed by atoms with Gasteiger partial charge >= 0.3 is 30.0 Å². The van der Waals surface area contributed by atoms with E-state index in [-0.39, 0.29) is 61.7 Å². The molecule has 0 aliphatic heterocycles. The molecule has 0 saturated heterocycles. The van der Waals surface area contributed by atoms with Crippen molar-refractivity contribution in [1.29, 1.82) is 0 Å². The monoisotopic (exact) mass is 847 g/mol. The average Bonchev–Trinajstić information content (AvgIpc) is 3.56. The van der Waals surface area contributed by atoms with E-state index in [2.05, 4.69) is 27.7 Å². The molecular formula is C48H78O12. The molecule has 4 saturated carbocycles. The van der Waals surface area contributed by atoms with Crippen LogP contribution >= 0.6 is 0 Å². The van der Waals surface area contributed by atoms with Crippen molar-refractivity contribution in [3.63, 3.8) is 0 Å². The van der Waals surface area contributed by atoms with Gasteiger partial charge in [0.2, 0.25) is 6.79 Å². The minimum Gasteiger partial charge on any atom is -0.462 e. The Hall–Kier alpha value is -3.18. The summed E-state index contributed by atoms with van der Waals surface area (Å²) in [5.74, 6) is 0.384. The van der Waals surface area contributed by atoms with Crippen LogP contribution in [0.5, 0.6) is 0 Å². The van der Waals surface area contributed by atoms with Crippen molar-refractivity contribution in [3.8, 4) is 0 Å². The van der Waals surface area contributed by atoms with E-state index in [0.717, 1.165) is 96.3 Å². The van der Waals surface area contributed by atoms with E-state index in [1.54, 1.807) is 13.8 Å². The predicted octanol–water partition coefficient (Wildman–Crippen LogP) is 10.4. The van der Waals surface area contributed by atoms with E-state index in [1.807, 2.05) is 0 Å². The topological polar surface area (TPSA) is 158 Å². The molecular weight excluding hydrogens is 769 g/mol. The quantitative estimate of drug-likeness (QED) is 0.0371. The van der Waals surface area contributed by atoms with Crippen LogP contribution in [-0.2, 0) is 52.4 Å². The van der Waals surface area contributed by atoms with Gasteiger partial charge in [0.15, 0.2) is 6.10 Å². The Morgan fingerprint density at radius 1 is 0.617 bits per heavy atom. The van der Waals surface area contributed by atoms with Gasteiger partial charge in [0.05, 0.1) is 0 Å². The van der Waals surface area contributed by atoms with Crippen LogP contribution in [0.15, 0.2) is 0 Å². The smallest absolute Gasteiger partial charge is 0.462 e. The van der Waals surface area contributed by atoms with Gasteiger partial charge in [-0.1, -0.05) is 86.0 Å². The van der Waals surface area contributed by atoms with E-state index in [0.29, 0.717) is 42.3 Å². The van der Waals surface area contributed by atoms with E-state index < -0.39 is 48.8 Å². The van der Waals surface area contributed by atoms with E-state index in [4.69, 9.17) is 28.4 Å². The molecule has 0 aromatic heterocycles. The summed E-state index contributed by atoms with van der Waals surface area (Å²) in [7, 11) is 0. The highest BCUT2D eigenvalue weighted by atomic mass is 16.8. The van der Waals surface area contributed by atoms with Crippen LogP contribution in [0.3, 0.4) is 0 Å². The summed E-state index contributed by atoms with van der Waals surface area (Å²) in [6.45, 7) is 11.5. The third kappa shape index (κ3) is 14.5. The lowest BCUT2D eigenvalue weighted by Gasteiger charge is -2.61. The fourth-order valence-corrected chi connectivity index (χ4v) is 11.6. The van der Waals surface area contributed by atoms with Crippen LogP contribution in [0.1, 0.15) is 189 Å². The maximum absolute atomic E-state index is 12.9. The highest BCUT2D eigenvalue weighted by Crippen LogP contribution is 2.67. The SMILES string of the molecule is CCCCCCCC(=O)OCC(COC(=O)CCCCCCC)OC(=O)CC(C)CC(=O)OCOC(=O)O[C@@H]1CCC2(C)[C@@H](CCC3[C@@H]4CCC(C(C)=O)C4(C)CC[C@@H]32)C1. The zero-order valence-corrected chi connectivity index (χ0v) is 37.9. The van der Waals surface area contributed by atoms with Gasteiger partial charge in [-0.2, -0.15) is 0 Å². The van der Waals surface area contributed by atoms with Crippen molar-refractivity contribution in [3.05, 3.63) is 0 Å². The molecule has 4 rings (SSSR count). The lowest BCUT2D eigenvalue weighted by molar-refractivity contribution is -0.168. The lowest BCUT2D eigenvalue weighted by atomic mass is 9.44. The largest absolute Gasteiger partial charge is 0.511 e. The summed E-state index contributed by atoms with van der Waals surface area (Å²) in [6.07, 6.45) is 17.3. The van der Waals surface area contributed by atoms with Gasteiger partial charge < -0.3 is 28.4 Å². The third-order valence-corrected chi connectivity index (χ3v) is 14.9. The number of unbranched alkanes of at least 4 members (excludes halogenated alkanes) is 8. The van der Waals surface area contributed by atoms with Gasteiger partial charge in [-0.05, 0) is 118 Å². The Balaban J connectivity index is 1.14. The molecule has 0 bridgehead atoms. The first-order valence-electron chi connectivity index (χ1n) is 23.7. The molecule has 0 aromatic rings. The van der Waals surface area contributed by atoms with Crippen LogP contribution in [0.2, 0.25) is 0 Å². The maximum Gasteiger partial charge on any atom is 0.511 e. The lowest BCUT2D eigenvalue weighted by Crippen LogP contribution is -2.54. The second kappa shape index (κ2) is 24.5. The molecule has 0 heterocycles. The normalized spacial score (nSPS) is 28.6. The van der Waals surface area contributed by atoms with Gasteiger partial charge in [-0.25, -0.2) is 4.79 Å². The molecule has 0 N–H and O–H groups in total. The van der Waals surface area contributed by atoms with Crippen LogP contribution in [-0.4, -0.2) is 68.0 Å². The second-order valence-corrected chi connectivity index (χ2v) is 19.3. The number of hydrogen-bond acceptors (Lipinski definition) is 12. The zero-order chi connectivity index (χ0) is 43.7. The summed E-state index contributed by atoms with van der Waals surface area (Å²) in [6, 6.07) is 0. The minimum atomic E-state index is -0.977. The Labute approximate surface area is 360 Å². The zero-order valence-electron chi connectivity index (χ0n) is 37.9. The number of ether oxygens (including phenoxy) is 6. The van der Waals surface area contributed by atoms with Gasteiger partial charge in [0.1, 0.15) is 25.1 Å². The van der Waals surface area contributed by atoms with Crippen LogP contribution in [0.4, 0.5) is 4.79 Å². The van der Waals surface area contributed by atoms with Gasteiger partial charge in [0, 0.05) is 31.6 Å². The second-order valence-electron chi connectivity index (χ2n) is 19.3. The van der Waals surface area contributed by atoms with Crippen molar-refractivity contribution in [2.45, 2.75) is 201 Å². The fourth-order valence-electron chi connectivity index (χ4n) is 11.6. The Kier molecular flexibility index (Phi) is 20.2. The number of Topliss-reactive ketones (excluding diaryl/α,β-unsaturated/α-hetero) is 1. The van der Waals surface area contributed by atoms with Crippen molar-refractivity contribution < 1.29 is 57.2 Å². The van der Waals surface area contributed by atoms with Gasteiger partial charge in [-0.3, -0.25) is 24.0 Å². The van der Waals surface area contributed by atoms with Crippen LogP contribution in [0.25, 0.3) is 0 Å². The van der Waals surface area contributed by atoms with Gasteiger partial charge in [-0.15, -0.1) is 0 Å². The molecule has 0 spiro atoms. The molecule has 4 aliphatic carbocycles. The van der Waals surface area contributed by atoms with E-state index in [1.165, 1.54) is 12.8 Å². The average molecular weight is 847 g/mol. The molecule has 4 aliphatic rings. The highest BCUT2D eigenvalue weighted by Gasteiger charge is 2.61. The number of hydrogen-bond donors (Lipinski definition) is 0. The predicted molar refractivity (Wildman–Crippen MR) is 225 cm³/mol. The Bertz CT molecular complexity index is 1380. The molecule has 12 nitrogen and oxygen atoms in total. The Morgan fingerprint density at radius 3 is 1.82 bits per heavy atom. The molecule has 342 valence electrons. The number of esters is 4. The first-order valence-corrected chi connectivity index (χ1v) is 23.7. The number of rotatable bonds is 25. The molecule has 5 unspecified atom stereocenters. The fraction of sp³-hybridized carbons (Fsp3) is 0.875. The van der Waals surface area contributed by atoms with Crippen molar-refractivity contribution in [2.24, 2.45) is 46.3 Å². The molecule has 9 atom stereocenters. The summed E-state index contributed by atoms with van der Waals surface area (Å²) < 4.78 is 32.3. The molecule has 60 heavy (non-hydrogen) atoms. The number of fused-ring (bicyclic) bond motifs is 5. The van der Waals surface area contributed by atoms with E-state index in [9.17, 15) is 28.8 Å². The third-order valence-electron chi connectivity index (χ3n) is 14.9. The summed E-state index contributed by atoms with van der Waals surface area (Å²) >= 11 is 0. The molecule has 0 amide bonds. The number of carbonyl (C=O) groups excluding carboxylic acids is 6. The van der Waals surface area contributed by atoms with Crippen molar-refractivity contribution in [1.82, 2.24) is 0 Å². The number of ketones is 1. The molecule has 12 heteroatoms. The Morgan fingerprint density at radius 2 is 1.20 bits per heavy atom. The van der Waals surface area contributed by atoms with Crippen molar-refractivity contribution in [2.75, 3.05) is 20.0 Å². The maximum atomic E-state index is 12.9. The molecule has 0 radical (unpaired) electrons. The summed E-state index contributed by atoms with van der Waals surface area (Å²) in [5.41, 5.74) is 0.330. The summed E-state index contributed by atoms with van der Waals surface area (Å²) in [5, 5.41) is 0. The highest BCUT2D eigenvalue weighted by molar-refractivity contribution is 5.79. The van der Waals surface area contributed by atoms with E-state index >= 15 is 0 Å².